The molecule has 0 aliphatic heterocycles. The van der Waals surface area contributed by atoms with Crippen molar-refractivity contribution in [1.29, 1.82) is 0 Å². The summed E-state index contributed by atoms with van der Waals surface area (Å²) in [6, 6.07) is 61.2. The van der Waals surface area contributed by atoms with Crippen molar-refractivity contribution in [2.75, 3.05) is 0 Å². The zero-order chi connectivity index (χ0) is 33.7. The Hall–Kier alpha value is -6.91. The predicted octanol–water partition coefficient (Wildman–Crippen LogP) is 12.4. The molecule has 4 heteroatoms. The van der Waals surface area contributed by atoms with E-state index in [-0.39, 0.29) is 0 Å². The van der Waals surface area contributed by atoms with Gasteiger partial charge in [0.05, 0.1) is 0 Å². The van der Waals surface area contributed by atoms with Gasteiger partial charge in [0.1, 0.15) is 11.2 Å². The van der Waals surface area contributed by atoms with Crippen molar-refractivity contribution in [3.63, 3.8) is 0 Å². The van der Waals surface area contributed by atoms with Crippen molar-refractivity contribution >= 4 is 43.5 Å². The summed E-state index contributed by atoms with van der Waals surface area (Å²) in [5, 5.41) is 6.67. The molecule has 0 saturated heterocycles. The Kier molecular flexibility index (Phi) is 6.78. The number of furan rings is 1. The molecule has 10 aromatic rings. The second-order valence-electron chi connectivity index (χ2n) is 12.9. The van der Waals surface area contributed by atoms with E-state index in [1.165, 1.54) is 27.3 Å². The van der Waals surface area contributed by atoms with E-state index in [1.807, 2.05) is 54.6 Å². The van der Waals surface area contributed by atoms with E-state index in [0.29, 0.717) is 17.5 Å². The quantitative estimate of drug-likeness (QED) is 0.186. The van der Waals surface area contributed by atoms with Gasteiger partial charge in [0.2, 0.25) is 0 Å². The van der Waals surface area contributed by atoms with Crippen molar-refractivity contribution in [2.45, 2.75) is 0 Å². The molecule has 4 nitrogen and oxygen atoms in total. The lowest BCUT2D eigenvalue weighted by molar-refractivity contribution is 0.669. The highest BCUT2D eigenvalue weighted by Crippen LogP contribution is 2.40. The molecular formula is C47H29N3O. The van der Waals surface area contributed by atoms with Crippen LogP contribution in [0.2, 0.25) is 0 Å². The molecule has 0 radical (unpaired) electrons. The number of hydrogen-bond acceptors (Lipinski definition) is 4. The third-order valence-electron chi connectivity index (χ3n) is 9.68. The minimum absolute atomic E-state index is 0.596. The molecule has 0 saturated carbocycles. The fourth-order valence-corrected chi connectivity index (χ4v) is 7.10. The molecule has 0 amide bonds. The molecule has 0 spiro atoms. The summed E-state index contributed by atoms with van der Waals surface area (Å²) in [5.74, 6) is 1.84. The zero-order valence-corrected chi connectivity index (χ0v) is 27.5. The third-order valence-corrected chi connectivity index (χ3v) is 9.68. The Morgan fingerprint density at radius 1 is 0.314 bits per heavy atom. The first-order valence-corrected chi connectivity index (χ1v) is 17.1. The van der Waals surface area contributed by atoms with Crippen molar-refractivity contribution in [3.8, 4) is 56.4 Å². The van der Waals surface area contributed by atoms with Crippen LogP contribution in [0.15, 0.2) is 180 Å². The highest BCUT2D eigenvalue weighted by atomic mass is 16.3. The molecule has 238 valence electrons. The standard InChI is InChI=1S/C47H29N3O/c1-3-11-30(12-4-1)34-20-21-36-26-37(23-22-35(36)25-34)39-28-41(44-40-17-9-10-18-42(40)51-43(44)29-39)47-49-45(32-14-5-2-6-15-32)48-46(50-47)38-24-19-31-13-7-8-16-33(31)27-38/h1-29H. The number of fused-ring (bicyclic) bond motifs is 5. The highest BCUT2D eigenvalue weighted by molar-refractivity contribution is 6.13. The first-order chi connectivity index (χ1) is 25.2. The van der Waals surface area contributed by atoms with Gasteiger partial charge in [-0.05, 0) is 80.2 Å². The molecule has 8 aromatic carbocycles. The van der Waals surface area contributed by atoms with Gasteiger partial charge in [-0.15, -0.1) is 0 Å². The molecule has 2 heterocycles. The molecule has 2 aromatic heterocycles. The SMILES string of the molecule is c1ccc(-c2ccc3cc(-c4cc(-c5nc(-c6ccccc6)nc(-c6ccc7ccccc7c6)n5)c5c(c4)oc4ccccc45)ccc3c2)cc1. The van der Waals surface area contributed by atoms with E-state index >= 15 is 0 Å². The number of rotatable bonds is 5. The summed E-state index contributed by atoms with van der Waals surface area (Å²) in [5.41, 5.74) is 8.90. The van der Waals surface area contributed by atoms with Crippen molar-refractivity contribution in [1.82, 2.24) is 15.0 Å². The van der Waals surface area contributed by atoms with Gasteiger partial charge in [-0.25, -0.2) is 15.0 Å². The highest BCUT2D eigenvalue weighted by Gasteiger charge is 2.20. The van der Waals surface area contributed by atoms with Crippen molar-refractivity contribution in [2.24, 2.45) is 0 Å². The second kappa shape index (κ2) is 11.9. The van der Waals surface area contributed by atoms with E-state index in [2.05, 4.69) is 121 Å². The van der Waals surface area contributed by atoms with Crippen molar-refractivity contribution < 1.29 is 4.42 Å². The summed E-state index contributed by atoms with van der Waals surface area (Å²) in [6.07, 6.45) is 0. The number of para-hydroxylation sites is 1. The maximum absolute atomic E-state index is 6.54. The molecule has 0 fully saturated rings. The van der Waals surface area contributed by atoms with Crippen LogP contribution in [0.3, 0.4) is 0 Å². The lowest BCUT2D eigenvalue weighted by atomic mass is 9.95. The van der Waals surface area contributed by atoms with Gasteiger partial charge in [-0.2, -0.15) is 0 Å². The Bertz CT molecular complexity index is 2910. The zero-order valence-electron chi connectivity index (χ0n) is 27.5. The Morgan fingerprint density at radius 2 is 0.843 bits per heavy atom. The summed E-state index contributed by atoms with van der Waals surface area (Å²) in [7, 11) is 0. The average Bonchev–Trinajstić information content (AvgIpc) is 3.59. The third kappa shape index (κ3) is 5.22. The predicted molar refractivity (Wildman–Crippen MR) is 209 cm³/mol. The van der Waals surface area contributed by atoms with Crippen molar-refractivity contribution in [3.05, 3.63) is 176 Å². The largest absolute Gasteiger partial charge is 0.456 e. The minimum atomic E-state index is 0.596. The molecule has 10 rings (SSSR count). The Balaban J connectivity index is 1.19. The molecular weight excluding hydrogens is 623 g/mol. The van der Waals surface area contributed by atoms with Gasteiger partial charge in [-0.1, -0.05) is 140 Å². The molecule has 0 unspecified atom stereocenters. The van der Waals surface area contributed by atoms with Crippen LogP contribution in [-0.4, -0.2) is 15.0 Å². The van der Waals surface area contributed by atoms with E-state index in [1.54, 1.807) is 0 Å². The van der Waals surface area contributed by atoms with Gasteiger partial charge in [0.15, 0.2) is 17.5 Å². The summed E-state index contributed by atoms with van der Waals surface area (Å²) in [4.78, 5) is 15.4. The van der Waals surface area contributed by atoms with E-state index in [0.717, 1.165) is 55.1 Å². The Morgan fingerprint density at radius 3 is 1.61 bits per heavy atom. The fraction of sp³-hybridized carbons (Fsp3) is 0. The maximum atomic E-state index is 6.54. The van der Waals surface area contributed by atoms with Crippen LogP contribution in [0.5, 0.6) is 0 Å². The lowest BCUT2D eigenvalue weighted by Gasteiger charge is -2.12. The van der Waals surface area contributed by atoms with Gasteiger partial charge >= 0.3 is 0 Å². The van der Waals surface area contributed by atoms with Crippen LogP contribution in [-0.2, 0) is 0 Å². The molecule has 0 atom stereocenters. The molecule has 0 N–H and O–H groups in total. The topological polar surface area (TPSA) is 51.8 Å². The summed E-state index contributed by atoms with van der Waals surface area (Å²) in [6.45, 7) is 0. The number of hydrogen-bond donors (Lipinski definition) is 0. The monoisotopic (exact) mass is 651 g/mol. The number of benzene rings is 8. The Labute approximate surface area is 294 Å². The first kappa shape index (κ1) is 29.0. The van der Waals surface area contributed by atoms with E-state index < -0.39 is 0 Å². The minimum Gasteiger partial charge on any atom is -0.456 e. The average molecular weight is 652 g/mol. The van der Waals surface area contributed by atoms with E-state index in [9.17, 15) is 0 Å². The van der Waals surface area contributed by atoms with Gasteiger partial charge < -0.3 is 4.42 Å². The van der Waals surface area contributed by atoms with E-state index in [4.69, 9.17) is 19.4 Å². The second-order valence-corrected chi connectivity index (χ2v) is 12.9. The normalized spacial score (nSPS) is 11.5. The van der Waals surface area contributed by atoms with Crippen LogP contribution < -0.4 is 0 Å². The molecule has 0 aliphatic rings. The van der Waals surface area contributed by atoms with Gasteiger partial charge in [0.25, 0.3) is 0 Å². The fourth-order valence-electron chi connectivity index (χ4n) is 7.10. The summed E-state index contributed by atoms with van der Waals surface area (Å²) < 4.78 is 6.54. The number of aromatic nitrogens is 3. The smallest absolute Gasteiger partial charge is 0.164 e. The summed E-state index contributed by atoms with van der Waals surface area (Å²) >= 11 is 0. The molecule has 0 bridgehead atoms. The van der Waals surface area contributed by atoms with Gasteiger partial charge in [0, 0.05) is 27.5 Å². The number of nitrogens with zero attached hydrogens (tertiary/aromatic N) is 3. The lowest BCUT2D eigenvalue weighted by Crippen LogP contribution is -2.00. The van der Waals surface area contributed by atoms with Crippen LogP contribution >= 0.6 is 0 Å². The van der Waals surface area contributed by atoms with Crippen LogP contribution in [0, 0.1) is 0 Å². The first-order valence-electron chi connectivity index (χ1n) is 17.1. The van der Waals surface area contributed by atoms with Gasteiger partial charge in [-0.3, -0.25) is 0 Å². The van der Waals surface area contributed by atoms with Crippen LogP contribution in [0.4, 0.5) is 0 Å². The van der Waals surface area contributed by atoms with Crippen LogP contribution in [0.1, 0.15) is 0 Å². The molecule has 51 heavy (non-hydrogen) atoms. The maximum Gasteiger partial charge on any atom is 0.164 e. The molecule has 0 aliphatic carbocycles. The van der Waals surface area contributed by atoms with Crippen LogP contribution in [0.25, 0.3) is 99.9 Å².